The van der Waals surface area contributed by atoms with Gasteiger partial charge < -0.3 is 14.5 Å². The molecule has 1 aliphatic rings. The van der Waals surface area contributed by atoms with E-state index < -0.39 is 0 Å². The predicted octanol–water partition coefficient (Wildman–Crippen LogP) is 4.53. The van der Waals surface area contributed by atoms with Crippen LogP contribution in [0.3, 0.4) is 0 Å². The standard InChI is InChI=1S/C22H23N5O2/c1-28-20-10-7-15(11-21(20)29-17-5-3-2-4-6-17)22-25-18-9-8-16(12-19(18)26-22)27-14-23-13-24-27/h7-14,17H,2-6H2,1H3,(H,25,26). The summed E-state index contributed by atoms with van der Waals surface area (Å²) in [6, 6.07) is 11.9. The van der Waals surface area contributed by atoms with Crippen LogP contribution < -0.4 is 9.47 Å². The highest BCUT2D eigenvalue weighted by Gasteiger charge is 2.18. The van der Waals surface area contributed by atoms with Gasteiger partial charge in [-0.15, -0.1) is 0 Å². The zero-order valence-electron chi connectivity index (χ0n) is 16.3. The topological polar surface area (TPSA) is 77.9 Å². The summed E-state index contributed by atoms with van der Waals surface area (Å²) < 4.78 is 13.5. The van der Waals surface area contributed by atoms with Gasteiger partial charge in [0.1, 0.15) is 18.5 Å². The molecular weight excluding hydrogens is 366 g/mol. The Hall–Kier alpha value is -3.35. The molecular formula is C22H23N5O2. The molecule has 0 aliphatic heterocycles. The van der Waals surface area contributed by atoms with Crippen LogP contribution in [0, 0.1) is 0 Å². The summed E-state index contributed by atoms with van der Waals surface area (Å²) >= 11 is 0. The van der Waals surface area contributed by atoms with Crippen molar-refractivity contribution >= 4 is 11.0 Å². The van der Waals surface area contributed by atoms with Gasteiger partial charge in [0.15, 0.2) is 11.5 Å². The van der Waals surface area contributed by atoms with Crippen molar-refractivity contribution in [1.82, 2.24) is 24.7 Å². The number of imidazole rings is 1. The molecule has 2 aromatic carbocycles. The van der Waals surface area contributed by atoms with Crippen LogP contribution in [-0.4, -0.2) is 37.9 Å². The SMILES string of the molecule is COc1ccc(-c2nc3ccc(-n4cncn4)cc3[nH]2)cc1OC1CCCCC1. The first-order valence-corrected chi connectivity index (χ1v) is 10.00. The van der Waals surface area contributed by atoms with Crippen molar-refractivity contribution < 1.29 is 9.47 Å². The van der Waals surface area contributed by atoms with E-state index in [4.69, 9.17) is 14.5 Å². The predicted molar refractivity (Wildman–Crippen MR) is 110 cm³/mol. The van der Waals surface area contributed by atoms with Gasteiger partial charge in [-0.2, -0.15) is 5.10 Å². The number of benzene rings is 2. The molecule has 1 N–H and O–H groups in total. The molecule has 0 bridgehead atoms. The van der Waals surface area contributed by atoms with Gasteiger partial charge in [-0.1, -0.05) is 6.42 Å². The van der Waals surface area contributed by atoms with Crippen LogP contribution in [0.1, 0.15) is 32.1 Å². The average Bonchev–Trinajstić information content (AvgIpc) is 3.44. The average molecular weight is 389 g/mol. The quantitative estimate of drug-likeness (QED) is 0.542. The number of hydrogen-bond donors (Lipinski definition) is 1. The van der Waals surface area contributed by atoms with Gasteiger partial charge in [-0.25, -0.2) is 14.6 Å². The van der Waals surface area contributed by atoms with Crippen molar-refractivity contribution in [2.24, 2.45) is 0 Å². The molecule has 7 nitrogen and oxygen atoms in total. The number of ether oxygens (including phenoxy) is 2. The lowest BCUT2D eigenvalue weighted by atomic mass is 9.98. The van der Waals surface area contributed by atoms with Gasteiger partial charge in [-0.05, 0) is 62.1 Å². The minimum Gasteiger partial charge on any atom is -0.493 e. The molecule has 0 radical (unpaired) electrons. The molecule has 4 aromatic rings. The first-order chi connectivity index (χ1) is 14.3. The summed E-state index contributed by atoms with van der Waals surface area (Å²) in [7, 11) is 1.68. The first-order valence-electron chi connectivity index (χ1n) is 10.00. The maximum Gasteiger partial charge on any atom is 0.162 e. The molecule has 1 aliphatic carbocycles. The smallest absolute Gasteiger partial charge is 0.162 e. The Balaban J connectivity index is 1.48. The highest BCUT2D eigenvalue weighted by Crippen LogP contribution is 2.35. The molecule has 2 aromatic heterocycles. The largest absolute Gasteiger partial charge is 0.493 e. The monoisotopic (exact) mass is 389 g/mol. The number of aromatic nitrogens is 5. The van der Waals surface area contributed by atoms with Crippen molar-refractivity contribution in [2.75, 3.05) is 7.11 Å². The molecule has 1 fully saturated rings. The number of methoxy groups -OCH3 is 1. The van der Waals surface area contributed by atoms with Crippen LogP contribution in [0.4, 0.5) is 0 Å². The van der Waals surface area contributed by atoms with Crippen molar-refractivity contribution in [3.05, 3.63) is 49.1 Å². The Bertz CT molecular complexity index is 1110. The summed E-state index contributed by atoms with van der Waals surface area (Å²) in [5.41, 5.74) is 3.74. The zero-order chi connectivity index (χ0) is 19.6. The molecule has 148 valence electrons. The third-order valence-electron chi connectivity index (χ3n) is 5.43. The lowest BCUT2D eigenvalue weighted by molar-refractivity contribution is 0.149. The fraction of sp³-hybridized carbons (Fsp3) is 0.318. The maximum atomic E-state index is 6.30. The highest BCUT2D eigenvalue weighted by atomic mass is 16.5. The summed E-state index contributed by atoms with van der Waals surface area (Å²) in [4.78, 5) is 12.2. The molecule has 0 atom stereocenters. The van der Waals surface area contributed by atoms with Gasteiger partial charge in [-0.3, -0.25) is 0 Å². The lowest BCUT2D eigenvalue weighted by Gasteiger charge is -2.24. The number of nitrogens with zero attached hydrogens (tertiary/aromatic N) is 4. The number of fused-ring (bicyclic) bond motifs is 1. The summed E-state index contributed by atoms with van der Waals surface area (Å²) in [6.07, 6.45) is 9.41. The minimum atomic E-state index is 0.258. The normalized spacial score (nSPS) is 14.9. The van der Waals surface area contributed by atoms with Gasteiger partial charge in [0.05, 0.1) is 29.9 Å². The Morgan fingerprint density at radius 1 is 1.03 bits per heavy atom. The first kappa shape index (κ1) is 17.7. The Morgan fingerprint density at radius 2 is 1.93 bits per heavy atom. The van der Waals surface area contributed by atoms with Crippen LogP contribution in [0.5, 0.6) is 11.5 Å². The second-order valence-corrected chi connectivity index (χ2v) is 7.37. The third-order valence-corrected chi connectivity index (χ3v) is 5.43. The van der Waals surface area contributed by atoms with Crippen molar-refractivity contribution in [2.45, 2.75) is 38.2 Å². The van der Waals surface area contributed by atoms with Crippen LogP contribution in [0.15, 0.2) is 49.1 Å². The van der Waals surface area contributed by atoms with Crippen molar-refractivity contribution in [1.29, 1.82) is 0 Å². The van der Waals surface area contributed by atoms with E-state index in [1.165, 1.54) is 25.6 Å². The van der Waals surface area contributed by atoms with E-state index in [1.807, 2.05) is 36.4 Å². The van der Waals surface area contributed by atoms with Crippen molar-refractivity contribution in [3.8, 4) is 28.6 Å². The molecule has 7 heteroatoms. The zero-order valence-corrected chi connectivity index (χ0v) is 16.3. The van der Waals surface area contributed by atoms with Crippen LogP contribution in [-0.2, 0) is 0 Å². The van der Waals surface area contributed by atoms with E-state index in [-0.39, 0.29) is 6.10 Å². The van der Waals surface area contributed by atoms with E-state index >= 15 is 0 Å². The second-order valence-electron chi connectivity index (χ2n) is 7.37. The molecule has 29 heavy (non-hydrogen) atoms. The highest BCUT2D eigenvalue weighted by molar-refractivity contribution is 5.81. The molecule has 2 heterocycles. The Labute approximate surface area is 168 Å². The van der Waals surface area contributed by atoms with E-state index in [9.17, 15) is 0 Å². The molecule has 0 unspecified atom stereocenters. The fourth-order valence-corrected chi connectivity index (χ4v) is 3.90. The molecule has 0 spiro atoms. The molecule has 5 rings (SSSR count). The maximum absolute atomic E-state index is 6.30. The van der Waals surface area contributed by atoms with Gasteiger partial charge in [0, 0.05) is 5.56 Å². The van der Waals surface area contributed by atoms with E-state index in [0.717, 1.165) is 52.4 Å². The summed E-state index contributed by atoms with van der Waals surface area (Å²) in [5.74, 6) is 2.33. The fourth-order valence-electron chi connectivity index (χ4n) is 3.90. The summed E-state index contributed by atoms with van der Waals surface area (Å²) in [5, 5.41) is 4.19. The van der Waals surface area contributed by atoms with Crippen LogP contribution >= 0.6 is 0 Å². The molecule has 0 amide bonds. The van der Waals surface area contributed by atoms with E-state index in [2.05, 4.69) is 15.1 Å². The van der Waals surface area contributed by atoms with Gasteiger partial charge in [0.25, 0.3) is 0 Å². The van der Waals surface area contributed by atoms with Crippen molar-refractivity contribution in [3.63, 3.8) is 0 Å². The van der Waals surface area contributed by atoms with Gasteiger partial charge >= 0.3 is 0 Å². The van der Waals surface area contributed by atoms with E-state index in [0.29, 0.717) is 0 Å². The number of rotatable bonds is 5. The van der Waals surface area contributed by atoms with Crippen LogP contribution in [0.2, 0.25) is 0 Å². The molecule has 0 saturated heterocycles. The Morgan fingerprint density at radius 3 is 2.72 bits per heavy atom. The number of aromatic amines is 1. The third kappa shape index (κ3) is 3.55. The minimum absolute atomic E-state index is 0.258. The van der Waals surface area contributed by atoms with Gasteiger partial charge in [0.2, 0.25) is 0 Å². The second kappa shape index (κ2) is 7.58. The van der Waals surface area contributed by atoms with Crippen LogP contribution in [0.25, 0.3) is 28.1 Å². The molecule has 1 saturated carbocycles. The number of H-pyrrole nitrogens is 1. The van der Waals surface area contributed by atoms with E-state index in [1.54, 1.807) is 18.1 Å². The Kier molecular flexibility index (Phi) is 4.63. The summed E-state index contributed by atoms with van der Waals surface area (Å²) in [6.45, 7) is 0. The lowest BCUT2D eigenvalue weighted by Crippen LogP contribution is -2.19. The number of hydrogen-bond acceptors (Lipinski definition) is 5. The number of nitrogens with one attached hydrogen (secondary N) is 1.